The third-order valence-electron chi connectivity index (χ3n) is 3.22. The lowest BCUT2D eigenvalue weighted by atomic mass is 10.1. The van der Waals surface area contributed by atoms with Crippen LogP contribution in [-0.4, -0.2) is 34.6 Å². The Hall–Kier alpha value is -2.17. The van der Waals surface area contributed by atoms with Gasteiger partial charge in [0.2, 0.25) is 0 Å². The van der Waals surface area contributed by atoms with Gasteiger partial charge in [-0.1, -0.05) is 0 Å². The van der Waals surface area contributed by atoms with Crippen molar-refractivity contribution in [2.75, 3.05) is 18.0 Å². The standard InChI is InChI=1S/C13H14N4O/c18-9-10-7-11(12-3-4-15-16-12)13(14-8-10)17-5-1-2-6-17/h3-4,7-9H,1-2,5-6H2,(H,15,16). The fourth-order valence-corrected chi connectivity index (χ4v) is 2.32. The van der Waals surface area contributed by atoms with E-state index >= 15 is 0 Å². The van der Waals surface area contributed by atoms with Crippen LogP contribution in [0.1, 0.15) is 23.2 Å². The first-order valence-corrected chi connectivity index (χ1v) is 6.08. The Morgan fingerprint density at radius 2 is 2.17 bits per heavy atom. The molecule has 3 heterocycles. The highest BCUT2D eigenvalue weighted by Crippen LogP contribution is 2.30. The van der Waals surface area contributed by atoms with Crippen LogP contribution in [0.3, 0.4) is 0 Å². The van der Waals surface area contributed by atoms with Crippen molar-refractivity contribution in [1.29, 1.82) is 0 Å². The summed E-state index contributed by atoms with van der Waals surface area (Å²) in [4.78, 5) is 17.6. The lowest BCUT2D eigenvalue weighted by Crippen LogP contribution is -2.20. The summed E-state index contributed by atoms with van der Waals surface area (Å²) < 4.78 is 0. The summed E-state index contributed by atoms with van der Waals surface area (Å²) in [6.07, 6.45) is 6.54. The van der Waals surface area contributed by atoms with Gasteiger partial charge in [0, 0.05) is 36.6 Å². The smallest absolute Gasteiger partial charge is 0.151 e. The molecule has 0 unspecified atom stereocenters. The quantitative estimate of drug-likeness (QED) is 0.835. The Kier molecular flexibility index (Phi) is 2.80. The van der Waals surface area contributed by atoms with Gasteiger partial charge in [0.1, 0.15) is 5.82 Å². The van der Waals surface area contributed by atoms with E-state index in [0.717, 1.165) is 36.5 Å². The molecule has 1 aliphatic rings. The molecule has 1 fully saturated rings. The minimum absolute atomic E-state index is 0.586. The number of pyridine rings is 1. The zero-order chi connectivity index (χ0) is 12.4. The number of carbonyl (C=O) groups is 1. The molecule has 18 heavy (non-hydrogen) atoms. The number of aldehydes is 1. The molecule has 1 saturated heterocycles. The summed E-state index contributed by atoms with van der Waals surface area (Å²) >= 11 is 0. The van der Waals surface area contributed by atoms with Crippen LogP contribution in [0, 0.1) is 0 Å². The van der Waals surface area contributed by atoms with Crippen molar-refractivity contribution in [3.63, 3.8) is 0 Å². The second kappa shape index (κ2) is 4.60. The first kappa shape index (κ1) is 11.0. The molecule has 2 aromatic rings. The molecule has 0 spiro atoms. The molecule has 0 amide bonds. The number of nitrogens with zero attached hydrogens (tertiary/aromatic N) is 3. The molecule has 5 heteroatoms. The summed E-state index contributed by atoms with van der Waals surface area (Å²) in [6, 6.07) is 3.76. The molecule has 1 N–H and O–H groups in total. The number of H-pyrrole nitrogens is 1. The van der Waals surface area contributed by atoms with E-state index in [9.17, 15) is 4.79 Å². The van der Waals surface area contributed by atoms with Crippen molar-refractivity contribution in [3.8, 4) is 11.3 Å². The van der Waals surface area contributed by atoms with Crippen LogP contribution in [0.5, 0.6) is 0 Å². The van der Waals surface area contributed by atoms with Gasteiger partial charge in [0.05, 0.1) is 5.69 Å². The summed E-state index contributed by atoms with van der Waals surface area (Å²) in [6.45, 7) is 2.04. The third kappa shape index (κ3) is 1.88. The molecule has 5 nitrogen and oxygen atoms in total. The first-order valence-electron chi connectivity index (χ1n) is 6.08. The van der Waals surface area contributed by atoms with Crippen molar-refractivity contribution < 1.29 is 4.79 Å². The lowest BCUT2D eigenvalue weighted by molar-refractivity contribution is 0.112. The highest BCUT2D eigenvalue weighted by molar-refractivity contribution is 5.82. The molecule has 0 aromatic carbocycles. The molecule has 0 saturated carbocycles. The molecular weight excluding hydrogens is 228 g/mol. The van der Waals surface area contributed by atoms with Crippen LogP contribution in [0.4, 0.5) is 5.82 Å². The molecule has 1 aliphatic heterocycles. The SMILES string of the molecule is O=Cc1cnc(N2CCCC2)c(-c2ccn[nH]2)c1. The number of aromatic amines is 1. The number of hydrogen-bond acceptors (Lipinski definition) is 4. The van der Waals surface area contributed by atoms with Crippen LogP contribution in [0.2, 0.25) is 0 Å². The van der Waals surface area contributed by atoms with Crippen LogP contribution in [-0.2, 0) is 0 Å². The molecule has 0 atom stereocenters. The van der Waals surface area contributed by atoms with Gasteiger partial charge in [-0.15, -0.1) is 0 Å². The number of rotatable bonds is 3. The zero-order valence-electron chi connectivity index (χ0n) is 9.97. The van der Waals surface area contributed by atoms with Gasteiger partial charge in [0.25, 0.3) is 0 Å². The maximum atomic E-state index is 10.9. The second-order valence-electron chi connectivity index (χ2n) is 4.42. The van der Waals surface area contributed by atoms with Crippen molar-refractivity contribution in [2.45, 2.75) is 12.8 Å². The Labute approximate surface area is 105 Å². The van der Waals surface area contributed by atoms with Crippen LogP contribution in [0.15, 0.2) is 24.5 Å². The van der Waals surface area contributed by atoms with E-state index in [2.05, 4.69) is 20.1 Å². The highest BCUT2D eigenvalue weighted by atomic mass is 16.1. The monoisotopic (exact) mass is 242 g/mol. The van der Waals surface area contributed by atoms with Gasteiger partial charge >= 0.3 is 0 Å². The highest BCUT2D eigenvalue weighted by Gasteiger charge is 2.18. The number of anilines is 1. The van der Waals surface area contributed by atoms with Gasteiger partial charge < -0.3 is 4.90 Å². The fourth-order valence-electron chi connectivity index (χ4n) is 2.32. The van der Waals surface area contributed by atoms with Gasteiger partial charge in [-0.2, -0.15) is 5.10 Å². The summed E-state index contributed by atoms with van der Waals surface area (Å²) in [5.74, 6) is 0.933. The number of carbonyl (C=O) groups excluding carboxylic acids is 1. The van der Waals surface area contributed by atoms with Crippen LogP contribution < -0.4 is 4.90 Å². The molecule has 3 rings (SSSR count). The summed E-state index contributed by atoms with van der Waals surface area (Å²) in [7, 11) is 0. The minimum atomic E-state index is 0.586. The lowest BCUT2D eigenvalue weighted by Gasteiger charge is -2.19. The first-order chi connectivity index (χ1) is 8.88. The summed E-state index contributed by atoms with van der Waals surface area (Å²) in [5, 5.41) is 6.90. The average Bonchev–Trinajstić information content (AvgIpc) is 3.11. The largest absolute Gasteiger partial charge is 0.356 e. The van der Waals surface area contributed by atoms with E-state index in [1.807, 2.05) is 12.1 Å². The third-order valence-corrected chi connectivity index (χ3v) is 3.22. The molecule has 2 aromatic heterocycles. The van der Waals surface area contributed by atoms with Crippen molar-refractivity contribution in [2.24, 2.45) is 0 Å². The number of hydrogen-bond donors (Lipinski definition) is 1. The van der Waals surface area contributed by atoms with Crippen molar-refractivity contribution in [1.82, 2.24) is 15.2 Å². The van der Waals surface area contributed by atoms with Gasteiger partial charge in [-0.05, 0) is 25.0 Å². The minimum Gasteiger partial charge on any atom is -0.356 e. The summed E-state index contributed by atoms with van der Waals surface area (Å²) in [5.41, 5.74) is 2.43. The van der Waals surface area contributed by atoms with Gasteiger partial charge in [-0.25, -0.2) is 4.98 Å². The Balaban J connectivity index is 2.09. The second-order valence-corrected chi connectivity index (χ2v) is 4.42. The molecule has 0 radical (unpaired) electrons. The number of nitrogens with one attached hydrogen (secondary N) is 1. The predicted octanol–water partition coefficient (Wildman–Crippen LogP) is 1.88. The topological polar surface area (TPSA) is 61.9 Å². The van der Waals surface area contributed by atoms with E-state index < -0.39 is 0 Å². The van der Waals surface area contributed by atoms with E-state index in [-0.39, 0.29) is 0 Å². The molecule has 0 bridgehead atoms. The average molecular weight is 242 g/mol. The molecule has 0 aliphatic carbocycles. The van der Waals surface area contributed by atoms with E-state index in [1.54, 1.807) is 12.4 Å². The molecular formula is C13H14N4O. The fraction of sp³-hybridized carbons (Fsp3) is 0.308. The Morgan fingerprint density at radius 3 is 2.83 bits per heavy atom. The molecule has 92 valence electrons. The van der Waals surface area contributed by atoms with Crippen LogP contribution >= 0.6 is 0 Å². The van der Waals surface area contributed by atoms with E-state index in [1.165, 1.54) is 12.8 Å². The van der Waals surface area contributed by atoms with Crippen molar-refractivity contribution in [3.05, 3.63) is 30.1 Å². The Bertz CT molecular complexity index is 544. The maximum absolute atomic E-state index is 10.9. The Morgan fingerprint density at radius 1 is 1.33 bits per heavy atom. The predicted molar refractivity (Wildman–Crippen MR) is 68.7 cm³/mol. The van der Waals surface area contributed by atoms with Gasteiger partial charge in [-0.3, -0.25) is 9.89 Å². The zero-order valence-corrected chi connectivity index (χ0v) is 9.97. The maximum Gasteiger partial charge on any atom is 0.151 e. The van der Waals surface area contributed by atoms with E-state index in [0.29, 0.717) is 5.56 Å². The number of aromatic nitrogens is 3. The van der Waals surface area contributed by atoms with Crippen LogP contribution in [0.25, 0.3) is 11.3 Å². The van der Waals surface area contributed by atoms with Gasteiger partial charge in [0.15, 0.2) is 6.29 Å². The van der Waals surface area contributed by atoms with E-state index in [4.69, 9.17) is 0 Å². The van der Waals surface area contributed by atoms with Crippen molar-refractivity contribution >= 4 is 12.1 Å². The normalized spacial score (nSPS) is 15.0.